The number of ether oxygens (including phenoxy) is 3. The normalized spacial score (nSPS) is 15.0. The van der Waals surface area contributed by atoms with Crippen molar-refractivity contribution in [2.24, 2.45) is 0 Å². The Morgan fingerprint density at radius 2 is 1.55 bits per heavy atom. The summed E-state index contributed by atoms with van der Waals surface area (Å²) in [6.45, 7) is 0. The first-order chi connectivity index (χ1) is 15.1. The maximum atomic E-state index is 13.6. The van der Waals surface area contributed by atoms with Gasteiger partial charge in [0.25, 0.3) is 0 Å². The van der Waals surface area contributed by atoms with Crippen molar-refractivity contribution < 1.29 is 23.8 Å². The van der Waals surface area contributed by atoms with E-state index in [9.17, 15) is 9.59 Å². The fourth-order valence-electron chi connectivity index (χ4n) is 3.38. The number of fused-ring (bicyclic) bond motifs is 1. The van der Waals surface area contributed by atoms with Gasteiger partial charge < -0.3 is 19.5 Å². The first-order valence-electron chi connectivity index (χ1n) is 9.27. The van der Waals surface area contributed by atoms with Crippen molar-refractivity contribution in [2.75, 3.05) is 26.6 Å². The zero-order chi connectivity index (χ0) is 22.0. The molecular weight excluding hydrogens is 402 g/mol. The first kappa shape index (κ1) is 20.1. The number of esters is 1. The molecule has 0 saturated heterocycles. The van der Waals surface area contributed by atoms with Crippen LogP contribution in [0.15, 0.2) is 59.8 Å². The molecular formula is C21H19N5O5. The van der Waals surface area contributed by atoms with Crippen molar-refractivity contribution in [1.29, 1.82) is 0 Å². The molecule has 1 aliphatic heterocycles. The Morgan fingerprint density at radius 3 is 2.13 bits per heavy atom. The van der Waals surface area contributed by atoms with Gasteiger partial charge in [-0.25, -0.2) is 4.79 Å². The molecule has 1 aliphatic rings. The molecule has 31 heavy (non-hydrogen) atoms. The molecule has 0 saturated carbocycles. The van der Waals surface area contributed by atoms with Crippen LogP contribution in [0.3, 0.4) is 0 Å². The number of nitrogens with zero attached hydrogens (tertiary/aromatic N) is 4. The summed E-state index contributed by atoms with van der Waals surface area (Å²) in [5.74, 6) is 0.388. The number of methoxy groups -OCH3 is 3. The topological polar surface area (TPSA) is 117 Å². The lowest BCUT2D eigenvalue weighted by Crippen LogP contribution is -2.32. The van der Waals surface area contributed by atoms with Gasteiger partial charge in [0.2, 0.25) is 5.95 Å². The minimum Gasteiger partial charge on any atom is -0.497 e. The lowest BCUT2D eigenvalue weighted by Gasteiger charge is -2.28. The minimum atomic E-state index is -0.763. The third kappa shape index (κ3) is 3.59. The molecule has 2 heterocycles. The molecule has 0 spiro atoms. The third-order valence-electron chi connectivity index (χ3n) is 4.93. The van der Waals surface area contributed by atoms with Crippen LogP contribution in [0.5, 0.6) is 11.5 Å². The van der Waals surface area contributed by atoms with Gasteiger partial charge in [-0.2, -0.15) is 4.68 Å². The van der Waals surface area contributed by atoms with E-state index in [2.05, 4.69) is 20.8 Å². The number of Topliss-reactive ketones (excluding diaryl/α,β-unsaturated/α-hetero) is 1. The van der Waals surface area contributed by atoms with Gasteiger partial charge in [0.05, 0.1) is 26.9 Å². The molecule has 0 bridgehead atoms. The molecule has 0 radical (unpaired) electrons. The summed E-state index contributed by atoms with van der Waals surface area (Å²) >= 11 is 0. The van der Waals surface area contributed by atoms with Crippen LogP contribution in [0, 0.1) is 0 Å². The maximum absolute atomic E-state index is 13.6. The van der Waals surface area contributed by atoms with Crippen molar-refractivity contribution in [3.05, 3.63) is 70.9 Å². The summed E-state index contributed by atoms with van der Waals surface area (Å²) < 4.78 is 16.8. The summed E-state index contributed by atoms with van der Waals surface area (Å²) in [5.41, 5.74) is 1.19. The standard InChI is InChI=1S/C21H19N5O5/c1-29-14-8-4-12(5-9-14)18-16(19(27)13-6-10-15(30-2)11-7-13)17(20(28)31-3)22-21-23-24-25-26(18)21/h4-11,18H,1-3H3,(H,22,23,25)/t18-/m0/s1. The zero-order valence-electron chi connectivity index (χ0n) is 17.0. The summed E-state index contributed by atoms with van der Waals surface area (Å²) in [5, 5.41) is 14.5. The maximum Gasteiger partial charge on any atom is 0.355 e. The van der Waals surface area contributed by atoms with E-state index in [1.54, 1.807) is 62.8 Å². The number of hydrogen-bond donors (Lipinski definition) is 1. The Kier molecular flexibility index (Phi) is 5.35. The van der Waals surface area contributed by atoms with Crippen LogP contribution in [0.4, 0.5) is 5.95 Å². The second-order valence-corrected chi connectivity index (χ2v) is 6.59. The van der Waals surface area contributed by atoms with Crippen LogP contribution in [0.2, 0.25) is 0 Å². The number of tetrazole rings is 1. The molecule has 0 unspecified atom stereocenters. The van der Waals surface area contributed by atoms with Gasteiger partial charge in [0, 0.05) is 5.56 Å². The van der Waals surface area contributed by atoms with E-state index in [1.807, 2.05) is 0 Å². The van der Waals surface area contributed by atoms with Crippen LogP contribution in [0.1, 0.15) is 22.0 Å². The lowest BCUT2D eigenvalue weighted by molar-refractivity contribution is -0.136. The Morgan fingerprint density at radius 1 is 0.935 bits per heavy atom. The summed E-state index contributed by atoms with van der Waals surface area (Å²) in [6.07, 6.45) is 0. The number of carbonyl (C=O) groups excluding carboxylic acids is 2. The molecule has 158 valence electrons. The van der Waals surface area contributed by atoms with E-state index in [0.29, 0.717) is 22.6 Å². The Labute approximate surface area is 177 Å². The predicted octanol–water partition coefficient (Wildman–Crippen LogP) is 2.02. The number of carbonyl (C=O) groups is 2. The van der Waals surface area contributed by atoms with Crippen molar-refractivity contribution in [2.45, 2.75) is 6.04 Å². The third-order valence-corrected chi connectivity index (χ3v) is 4.93. The monoisotopic (exact) mass is 421 g/mol. The van der Waals surface area contributed by atoms with Crippen LogP contribution in [-0.4, -0.2) is 53.3 Å². The van der Waals surface area contributed by atoms with Crippen LogP contribution in [-0.2, 0) is 9.53 Å². The zero-order valence-corrected chi connectivity index (χ0v) is 17.0. The van der Waals surface area contributed by atoms with Gasteiger partial charge in [0.1, 0.15) is 23.2 Å². The molecule has 0 fully saturated rings. The highest BCUT2D eigenvalue weighted by Gasteiger charge is 2.38. The summed E-state index contributed by atoms with van der Waals surface area (Å²) in [6, 6.07) is 12.9. The fraction of sp³-hybridized carbons (Fsp3) is 0.190. The molecule has 2 aromatic carbocycles. The number of hydrogen-bond acceptors (Lipinski definition) is 9. The SMILES string of the molecule is COC(=O)C1=C(C(=O)c2ccc(OC)cc2)[C@H](c2ccc(OC)cc2)n2nnnc2N1. The number of allylic oxidation sites excluding steroid dienone is 1. The van der Waals surface area contributed by atoms with E-state index in [1.165, 1.54) is 11.8 Å². The smallest absolute Gasteiger partial charge is 0.355 e. The van der Waals surface area contributed by atoms with Crippen molar-refractivity contribution in [1.82, 2.24) is 20.2 Å². The quantitative estimate of drug-likeness (QED) is 0.471. The molecule has 10 heteroatoms. The number of aromatic nitrogens is 4. The Hall–Kier alpha value is -4.21. The van der Waals surface area contributed by atoms with Gasteiger partial charge in [-0.15, -0.1) is 0 Å². The summed E-state index contributed by atoms with van der Waals surface area (Å²) in [4.78, 5) is 26.2. The van der Waals surface area contributed by atoms with Crippen LogP contribution in [0.25, 0.3) is 0 Å². The largest absolute Gasteiger partial charge is 0.497 e. The van der Waals surface area contributed by atoms with E-state index in [4.69, 9.17) is 14.2 Å². The van der Waals surface area contributed by atoms with Gasteiger partial charge in [-0.3, -0.25) is 4.79 Å². The van der Waals surface area contributed by atoms with Gasteiger partial charge in [-0.05, 0) is 52.4 Å². The van der Waals surface area contributed by atoms with E-state index in [-0.39, 0.29) is 23.0 Å². The van der Waals surface area contributed by atoms with E-state index < -0.39 is 12.0 Å². The van der Waals surface area contributed by atoms with E-state index >= 15 is 0 Å². The van der Waals surface area contributed by atoms with Crippen LogP contribution < -0.4 is 14.8 Å². The molecule has 4 rings (SSSR count). The number of rotatable bonds is 6. The number of ketones is 1. The molecule has 1 atom stereocenters. The van der Waals surface area contributed by atoms with Gasteiger partial charge in [-0.1, -0.05) is 17.2 Å². The average molecular weight is 421 g/mol. The number of nitrogens with one attached hydrogen (secondary N) is 1. The highest BCUT2D eigenvalue weighted by atomic mass is 16.5. The Balaban J connectivity index is 1.90. The summed E-state index contributed by atoms with van der Waals surface area (Å²) in [7, 11) is 4.35. The second kappa shape index (κ2) is 8.27. The number of benzene rings is 2. The molecule has 1 N–H and O–H groups in total. The molecule has 10 nitrogen and oxygen atoms in total. The lowest BCUT2D eigenvalue weighted by atomic mass is 9.89. The highest BCUT2D eigenvalue weighted by molar-refractivity contribution is 6.14. The molecule has 1 aromatic heterocycles. The first-order valence-corrected chi connectivity index (χ1v) is 9.27. The van der Waals surface area contributed by atoms with Crippen molar-refractivity contribution in [3.8, 4) is 11.5 Å². The van der Waals surface area contributed by atoms with Gasteiger partial charge >= 0.3 is 5.97 Å². The molecule has 0 amide bonds. The van der Waals surface area contributed by atoms with Crippen molar-refractivity contribution in [3.63, 3.8) is 0 Å². The van der Waals surface area contributed by atoms with E-state index in [0.717, 1.165) is 0 Å². The second-order valence-electron chi connectivity index (χ2n) is 6.59. The predicted molar refractivity (Wildman–Crippen MR) is 109 cm³/mol. The van der Waals surface area contributed by atoms with Crippen molar-refractivity contribution >= 4 is 17.7 Å². The molecule has 3 aromatic rings. The highest BCUT2D eigenvalue weighted by Crippen LogP contribution is 2.37. The van der Waals surface area contributed by atoms with Crippen LogP contribution >= 0.6 is 0 Å². The molecule has 0 aliphatic carbocycles. The van der Waals surface area contributed by atoms with Gasteiger partial charge in [0.15, 0.2) is 5.78 Å². The Bertz CT molecular complexity index is 1150. The fourth-order valence-corrected chi connectivity index (χ4v) is 3.38. The number of anilines is 1. The minimum absolute atomic E-state index is 0.0218. The average Bonchev–Trinajstić information content (AvgIpc) is 3.30.